The third-order valence-electron chi connectivity index (χ3n) is 3.14. The van der Waals surface area contributed by atoms with Crippen molar-refractivity contribution < 1.29 is 4.79 Å². The summed E-state index contributed by atoms with van der Waals surface area (Å²) in [7, 11) is 0. The predicted octanol–water partition coefficient (Wildman–Crippen LogP) is 1.48. The fourth-order valence-electron chi connectivity index (χ4n) is 2.11. The predicted molar refractivity (Wildman–Crippen MR) is 64.4 cm³/mol. The van der Waals surface area contributed by atoms with E-state index in [0.717, 1.165) is 29.7 Å². The van der Waals surface area contributed by atoms with Gasteiger partial charge in [-0.25, -0.2) is 0 Å². The molecule has 1 aliphatic heterocycles. The fraction of sp³-hybridized carbons (Fsp3) is 0.462. The molecule has 1 amide bonds. The first-order valence-electron chi connectivity index (χ1n) is 5.70. The normalized spacial score (nSPS) is 20.2. The summed E-state index contributed by atoms with van der Waals surface area (Å²) < 4.78 is 0. The maximum atomic E-state index is 12.2. The Balaban J connectivity index is 2.23. The molecule has 1 saturated heterocycles. The molecule has 0 unspecified atom stereocenters. The van der Waals surface area contributed by atoms with Gasteiger partial charge in [-0.15, -0.1) is 0 Å². The van der Waals surface area contributed by atoms with E-state index in [1.807, 2.05) is 36.9 Å². The summed E-state index contributed by atoms with van der Waals surface area (Å²) in [5.41, 5.74) is 8.79. The van der Waals surface area contributed by atoms with Crippen LogP contribution in [0.25, 0.3) is 0 Å². The van der Waals surface area contributed by atoms with Gasteiger partial charge in [0.25, 0.3) is 5.91 Å². The van der Waals surface area contributed by atoms with E-state index in [4.69, 9.17) is 5.73 Å². The maximum absolute atomic E-state index is 12.2. The molecule has 0 spiro atoms. The molecule has 0 aliphatic carbocycles. The molecule has 3 heteroatoms. The van der Waals surface area contributed by atoms with Crippen molar-refractivity contribution in [1.29, 1.82) is 0 Å². The summed E-state index contributed by atoms with van der Waals surface area (Å²) in [6, 6.07) is 6.14. The molecular weight excluding hydrogens is 200 g/mol. The first-order chi connectivity index (χ1) is 7.58. The molecule has 1 atom stereocenters. The number of hydrogen-bond donors (Lipinski definition) is 1. The van der Waals surface area contributed by atoms with Crippen LogP contribution in [-0.2, 0) is 0 Å². The first-order valence-corrected chi connectivity index (χ1v) is 5.70. The van der Waals surface area contributed by atoms with Crippen LogP contribution in [0.2, 0.25) is 0 Å². The van der Waals surface area contributed by atoms with Crippen LogP contribution in [0.15, 0.2) is 18.2 Å². The molecule has 2 N–H and O–H groups in total. The Morgan fingerprint density at radius 3 is 2.81 bits per heavy atom. The highest BCUT2D eigenvalue weighted by Gasteiger charge is 2.25. The molecular formula is C13H18N2O. The van der Waals surface area contributed by atoms with Crippen molar-refractivity contribution in [3.05, 3.63) is 34.9 Å². The smallest absolute Gasteiger partial charge is 0.254 e. The minimum atomic E-state index is 0.120. The van der Waals surface area contributed by atoms with Crippen LogP contribution in [-0.4, -0.2) is 29.9 Å². The van der Waals surface area contributed by atoms with Crippen LogP contribution in [0.1, 0.15) is 27.9 Å². The summed E-state index contributed by atoms with van der Waals surface area (Å²) in [6.45, 7) is 5.45. The van der Waals surface area contributed by atoms with Gasteiger partial charge in [0, 0.05) is 24.7 Å². The lowest BCUT2D eigenvalue weighted by Crippen LogP contribution is -2.32. The molecule has 16 heavy (non-hydrogen) atoms. The van der Waals surface area contributed by atoms with Gasteiger partial charge in [-0.2, -0.15) is 0 Å². The quantitative estimate of drug-likeness (QED) is 0.776. The van der Waals surface area contributed by atoms with Crippen molar-refractivity contribution in [3.8, 4) is 0 Å². The molecule has 1 aromatic rings. The van der Waals surface area contributed by atoms with Crippen molar-refractivity contribution in [1.82, 2.24) is 4.90 Å². The van der Waals surface area contributed by atoms with Crippen LogP contribution in [0.4, 0.5) is 0 Å². The van der Waals surface area contributed by atoms with E-state index >= 15 is 0 Å². The van der Waals surface area contributed by atoms with Crippen LogP contribution in [0, 0.1) is 13.8 Å². The molecule has 0 aromatic heterocycles. The minimum Gasteiger partial charge on any atom is -0.337 e. The van der Waals surface area contributed by atoms with E-state index in [1.165, 1.54) is 0 Å². The molecule has 1 heterocycles. The van der Waals surface area contributed by atoms with Gasteiger partial charge in [0.1, 0.15) is 0 Å². The Bertz CT molecular complexity index is 414. The zero-order valence-electron chi connectivity index (χ0n) is 9.86. The van der Waals surface area contributed by atoms with Gasteiger partial charge < -0.3 is 10.6 Å². The van der Waals surface area contributed by atoms with Gasteiger partial charge >= 0.3 is 0 Å². The molecule has 1 aliphatic rings. The molecule has 2 rings (SSSR count). The monoisotopic (exact) mass is 218 g/mol. The second-order valence-corrected chi connectivity index (χ2v) is 4.62. The van der Waals surface area contributed by atoms with Crippen molar-refractivity contribution in [2.24, 2.45) is 5.73 Å². The number of nitrogens with zero attached hydrogens (tertiary/aromatic N) is 1. The first kappa shape index (κ1) is 11.1. The maximum Gasteiger partial charge on any atom is 0.254 e. The van der Waals surface area contributed by atoms with Gasteiger partial charge in [0.15, 0.2) is 0 Å². The third kappa shape index (κ3) is 2.09. The number of benzene rings is 1. The number of aryl methyl sites for hydroxylation is 2. The topological polar surface area (TPSA) is 46.3 Å². The number of likely N-dealkylation sites (tertiary alicyclic amines) is 1. The fourth-order valence-corrected chi connectivity index (χ4v) is 2.11. The van der Waals surface area contributed by atoms with Crippen molar-refractivity contribution in [2.45, 2.75) is 26.3 Å². The lowest BCUT2D eigenvalue weighted by molar-refractivity contribution is 0.0790. The summed E-state index contributed by atoms with van der Waals surface area (Å²) in [6.07, 6.45) is 0.913. The van der Waals surface area contributed by atoms with Gasteiger partial charge in [-0.05, 0) is 31.9 Å². The van der Waals surface area contributed by atoms with E-state index in [0.29, 0.717) is 6.54 Å². The van der Waals surface area contributed by atoms with Crippen molar-refractivity contribution >= 4 is 5.91 Å². The van der Waals surface area contributed by atoms with Crippen LogP contribution < -0.4 is 5.73 Å². The number of carbonyl (C=O) groups excluding carboxylic acids is 1. The van der Waals surface area contributed by atoms with E-state index in [1.54, 1.807) is 0 Å². The molecule has 1 fully saturated rings. The number of nitrogens with two attached hydrogens (primary N) is 1. The van der Waals surface area contributed by atoms with E-state index < -0.39 is 0 Å². The number of carbonyl (C=O) groups is 1. The van der Waals surface area contributed by atoms with Crippen LogP contribution >= 0.6 is 0 Å². The number of amides is 1. The number of hydrogen-bond acceptors (Lipinski definition) is 2. The zero-order chi connectivity index (χ0) is 11.7. The van der Waals surface area contributed by atoms with Gasteiger partial charge in [0.05, 0.1) is 0 Å². The third-order valence-corrected chi connectivity index (χ3v) is 3.14. The summed E-state index contributed by atoms with van der Waals surface area (Å²) >= 11 is 0. The lowest BCUT2D eigenvalue weighted by atomic mass is 10.0. The Kier molecular flexibility index (Phi) is 2.97. The van der Waals surface area contributed by atoms with Gasteiger partial charge in [-0.3, -0.25) is 4.79 Å². The lowest BCUT2D eigenvalue weighted by Gasteiger charge is -2.17. The Hall–Kier alpha value is -1.35. The molecule has 3 nitrogen and oxygen atoms in total. The van der Waals surface area contributed by atoms with Gasteiger partial charge in [0.2, 0.25) is 0 Å². The van der Waals surface area contributed by atoms with E-state index in [9.17, 15) is 4.79 Å². The van der Waals surface area contributed by atoms with Crippen LogP contribution in [0.3, 0.4) is 0 Å². The highest BCUT2D eigenvalue weighted by atomic mass is 16.2. The van der Waals surface area contributed by atoms with Gasteiger partial charge in [-0.1, -0.05) is 17.7 Å². The number of rotatable bonds is 1. The Morgan fingerprint density at radius 2 is 2.19 bits per heavy atom. The summed E-state index contributed by atoms with van der Waals surface area (Å²) in [4.78, 5) is 14.1. The molecule has 0 bridgehead atoms. The highest BCUT2D eigenvalue weighted by Crippen LogP contribution is 2.16. The summed E-state index contributed by atoms with van der Waals surface area (Å²) in [5.74, 6) is 0.120. The minimum absolute atomic E-state index is 0.120. The Morgan fingerprint density at radius 1 is 1.44 bits per heavy atom. The molecule has 1 aromatic carbocycles. The SMILES string of the molecule is Cc1ccc(C)c(C(=O)N2CC[C@H](N)C2)c1. The molecule has 86 valence electrons. The van der Waals surface area contributed by atoms with E-state index in [2.05, 4.69) is 0 Å². The molecule has 0 radical (unpaired) electrons. The second-order valence-electron chi connectivity index (χ2n) is 4.62. The standard InChI is InChI=1S/C13H18N2O/c1-9-3-4-10(2)12(7-9)13(16)15-6-5-11(14)8-15/h3-4,7,11H,5-6,8,14H2,1-2H3/t11-/m0/s1. The highest BCUT2D eigenvalue weighted by molar-refractivity contribution is 5.96. The second kappa shape index (κ2) is 4.26. The largest absolute Gasteiger partial charge is 0.337 e. The average molecular weight is 218 g/mol. The van der Waals surface area contributed by atoms with Crippen molar-refractivity contribution in [2.75, 3.05) is 13.1 Å². The summed E-state index contributed by atoms with van der Waals surface area (Å²) in [5, 5.41) is 0. The van der Waals surface area contributed by atoms with Crippen molar-refractivity contribution in [3.63, 3.8) is 0 Å². The zero-order valence-corrected chi connectivity index (χ0v) is 9.86. The van der Waals surface area contributed by atoms with Crippen LogP contribution in [0.5, 0.6) is 0 Å². The molecule has 0 saturated carbocycles. The average Bonchev–Trinajstić information content (AvgIpc) is 2.67. The van der Waals surface area contributed by atoms with E-state index in [-0.39, 0.29) is 11.9 Å². The Labute approximate surface area is 96.2 Å².